The van der Waals surface area contributed by atoms with Gasteiger partial charge in [-0.1, -0.05) is 0 Å². The molecule has 6 heteroatoms. The van der Waals surface area contributed by atoms with Crippen molar-refractivity contribution < 1.29 is 14.1 Å². The van der Waals surface area contributed by atoms with Crippen LogP contribution in [0.2, 0.25) is 0 Å². The first kappa shape index (κ1) is 14.9. The number of hydrogen-bond acceptors (Lipinski definition) is 4. The Morgan fingerprint density at radius 2 is 2.21 bits per heavy atom. The topological polar surface area (TPSA) is 76.2 Å². The standard InChI is InChI=1S/C13H15FN2O3/c1-13(2,9-15)6-3-7-19-12-5-4-10(16(17)18)8-11(12)14/h4-5,8H,3,6-7H2,1-2H3. The zero-order valence-electron chi connectivity index (χ0n) is 10.9. The number of non-ortho nitro benzene ring substituents is 1. The molecular weight excluding hydrogens is 251 g/mol. The average Bonchev–Trinajstić information content (AvgIpc) is 2.36. The second kappa shape index (κ2) is 6.14. The van der Waals surface area contributed by atoms with Crippen LogP contribution in [0.1, 0.15) is 26.7 Å². The highest BCUT2D eigenvalue weighted by molar-refractivity contribution is 5.37. The summed E-state index contributed by atoms with van der Waals surface area (Å²) < 4.78 is 18.7. The van der Waals surface area contributed by atoms with Gasteiger partial charge < -0.3 is 4.74 Å². The third-order valence-corrected chi connectivity index (χ3v) is 2.63. The average molecular weight is 266 g/mol. The second-order valence-corrected chi connectivity index (χ2v) is 4.82. The number of rotatable bonds is 6. The van der Waals surface area contributed by atoms with Gasteiger partial charge in [0.1, 0.15) is 0 Å². The van der Waals surface area contributed by atoms with Crippen LogP contribution in [0.3, 0.4) is 0 Å². The van der Waals surface area contributed by atoms with Gasteiger partial charge in [0.2, 0.25) is 0 Å². The molecule has 0 saturated carbocycles. The molecular formula is C13H15FN2O3. The van der Waals surface area contributed by atoms with Gasteiger partial charge in [-0.2, -0.15) is 5.26 Å². The van der Waals surface area contributed by atoms with Crippen molar-refractivity contribution in [2.24, 2.45) is 5.41 Å². The van der Waals surface area contributed by atoms with Crippen molar-refractivity contribution in [1.29, 1.82) is 5.26 Å². The first-order chi connectivity index (χ1) is 8.85. The largest absolute Gasteiger partial charge is 0.491 e. The van der Waals surface area contributed by atoms with E-state index in [2.05, 4.69) is 6.07 Å². The lowest BCUT2D eigenvalue weighted by molar-refractivity contribution is -0.385. The molecule has 0 amide bonds. The van der Waals surface area contributed by atoms with Crippen LogP contribution in [0, 0.1) is 32.7 Å². The summed E-state index contributed by atoms with van der Waals surface area (Å²) in [4.78, 5) is 9.77. The van der Waals surface area contributed by atoms with Crippen LogP contribution in [-0.4, -0.2) is 11.5 Å². The molecule has 0 radical (unpaired) electrons. The quantitative estimate of drug-likeness (QED) is 0.449. The molecule has 1 rings (SSSR count). The van der Waals surface area contributed by atoms with E-state index < -0.39 is 16.2 Å². The molecule has 0 saturated heterocycles. The van der Waals surface area contributed by atoms with E-state index in [-0.39, 0.29) is 18.0 Å². The Balaban J connectivity index is 2.51. The van der Waals surface area contributed by atoms with Gasteiger partial charge in [-0.25, -0.2) is 4.39 Å². The third-order valence-electron chi connectivity index (χ3n) is 2.63. The maximum absolute atomic E-state index is 13.5. The molecule has 5 nitrogen and oxygen atoms in total. The monoisotopic (exact) mass is 266 g/mol. The van der Waals surface area contributed by atoms with Gasteiger partial charge >= 0.3 is 0 Å². The minimum absolute atomic E-state index is 0.0136. The predicted molar refractivity (Wildman–Crippen MR) is 67.2 cm³/mol. The lowest BCUT2D eigenvalue weighted by Crippen LogP contribution is -2.10. The van der Waals surface area contributed by atoms with Crippen molar-refractivity contribution in [3.8, 4) is 11.8 Å². The number of benzene rings is 1. The van der Waals surface area contributed by atoms with E-state index in [1.54, 1.807) is 0 Å². The van der Waals surface area contributed by atoms with Crippen LogP contribution in [0.4, 0.5) is 10.1 Å². The van der Waals surface area contributed by atoms with Crippen molar-refractivity contribution in [2.75, 3.05) is 6.61 Å². The molecule has 0 N–H and O–H groups in total. The van der Waals surface area contributed by atoms with Crippen molar-refractivity contribution >= 4 is 5.69 Å². The van der Waals surface area contributed by atoms with Crippen LogP contribution < -0.4 is 4.74 Å². The number of halogens is 1. The molecule has 0 bridgehead atoms. The molecule has 0 aliphatic heterocycles. The van der Waals surface area contributed by atoms with Gasteiger partial charge in [0.05, 0.1) is 29.1 Å². The molecule has 0 aliphatic carbocycles. The Hall–Kier alpha value is -2.16. The van der Waals surface area contributed by atoms with Crippen molar-refractivity contribution in [3.63, 3.8) is 0 Å². The summed E-state index contributed by atoms with van der Waals surface area (Å²) in [6.07, 6.45) is 1.25. The number of nitrogens with zero attached hydrogens (tertiary/aromatic N) is 2. The van der Waals surface area contributed by atoms with E-state index in [0.717, 1.165) is 6.07 Å². The molecule has 1 aromatic carbocycles. The number of hydrogen-bond donors (Lipinski definition) is 0. The molecule has 19 heavy (non-hydrogen) atoms. The highest BCUT2D eigenvalue weighted by atomic mass is 19.1. The van der Waals surface area contributed by atoms with Gasteiger partial charge in [-0.05, 0) is 32.8 Å². The van der Waals surface area contributed by atoms with Gasteiger partial charge in [-0.15, -0.1) is 0 Å². The van der Waals surface area contributed by atoms with E-state index in [9.17, 15) is 14.5 Å². The number of nitro benzene ring substituents is 1. The molecule has 0 aliphatic rings. The SMILES string of the molecule is CC(C)(C#N)CCCOc1ccc([N+](=O)[O-])cc1F. The predicted octanol–water partition coefficient (Wildman–Crippen LogP) is 3.44. The van der Waals surface area contributed by atoms with Crippen LogP contribution in [0.15, 0.2) is 18.2 Å². The van der Waals surface area contributed by atoms with Crippen LogP contribution >= 0.6 is 0 Å². The van der Waals surface area contributed by atoms with Crippen molar-refractivity contribution in [3.05, 3.63) is 34.1 Å². The number of ether oxygens (including phenoxy) is 1. The third kappa shape index (κ3) is 4.54. The summed E-state index contributed by atoms with van der Waals surface area (Å²) in [5.41, 5.74) is -0.743. The fourth-order valence-corrected chi connectivity index (χ4v) is 1.47. The summed E-state index contributed by atoms with van der Waals surface area (Å²) in [5, 5.41) is 19.3. The Labute approximate surface area is 110 Å². The molecule has 1 aromatic rings. The molecule has 0 atom stereocenters. The van der Waals surface area contributed by atoms with E-state index >= 15 is 0 Å². The van der Waals surface area contributed by atoms with Crippen LogP contribution in [-0.2, 0) is 0 Å². The van der Waals surface area contributed by atoms with Crippen LogP contribution in [0.5, 0.6) is 5.75 Å². The zero-order valence-corrected chi connectivity index (χ0v) is 10.9. The highest BCUT2D eigenvalue weighted by Gasteiger charge is 2.16. The Kier molecular flexibility index (Phi) is 4.81. The molecule has 0 spiro atoms. The van der Waals surface area contributed by atoms with Crippen molar-refractivity contribution in [1.82, 2.24) is 0 Å². The highest BCUT2D eigenvalue weighted by Crippen LogP contribution is 2.24. The van der Waals surface area contributed by atoms with E-state index in [1.165, 1.54) is 12.1 Å². The fraction of sp³-hybridized carbons (Fsp3) is 0.462. The Bertz CT molecular complexity index is 509. The summed E-state index contributed by atoms with van der Waals surface area (Å²) in [6.45, 7) is 3.90. The summed E-state index contributed by atoms with van der Waals surface area (Å²) in [5.74, 6) is -0.769. The minimum Gasteiger partial charge on any atom is -0.491 e. The van der Waals surface area contributed by atoms with Gasteiger partial charge in [-0.3, -0.25) is 10.1 Å². The molecule has 0 aromatic heterocycles. The number of nitro groups is 1. The summed E-state index contributed by atoms with van der Waals surface area (Å²) in [7, 11) is 0. The lowest BCUT2D eigenvalue weighted by Gasteiger charge is -2.14. The van der Waals surface area contributed by atoms with Crippen molar-refractivity contribution in [2.45, 2.75) is 26.7 Å². The van der Waals surface area contributed by atoms with Gasteiger partial charge in [0.25, 0.3) is 5.69 Å². The maximum Gasteiger partial charge on any atom is 0.272 e. The zero-order chi connectivity index (χ0) is 14.5. The first-order valence-electron chi connectivity index (χ1n) is 5.84. The molecule has 0 heterocycles. The molecule has 102 valence electrons. The van der Waals surface area contributed by atoms with Crippen LogP contribution in [0.25, 0.3) is 0 Å². The number of nitriles is 1. The second-order valence-electron chi connectivity index (χ2n) is 4.82. The van der Waals surface area contributed by atoms with Gasteiger partial charge in [0, 0.05) is 6.07 Å². The summed E-state index contributed by atoms with van der Waals surface area (Å²) in [6, 6.07) is 5.43. The molecule has 0 fully saturated rings. The minimum atomic E-state index is -0.756. The Morgan fingerprint density at radius 1 is 1.53 bits per heavy atom. The van der Waals surface area contributed by atoms with E-state index in [0.29, 0.717) is 12.8 Å². The van der Waals surface area contributed by atoms with E-state index in [1.807, 2.05) is 13.8 Å². The van der Waals surface area contributed by atoms with E-state index in [4.69, 9.17) is 10.00 Å². The normalized spacial score (nSPS) is 10.8. The summed E-state index contributed by atoms with van der Waals surface area (Å²) >= 11 is 0. The lowest BCUT2D eigenvalue weighted by atomic mass is 9.90. The fourth-order valence-electron chi connectivity index (χ4n) is 1.47. The first-order valence-corrected chi connectivity index (χ1v) is 5.84. The molecule has 0 unspecified atom stereocenters. The smallest absolute Gasteiger partial charge is 0.272 e. The maximum atomic E-state index is 13.5. The Morgan fingerprint density at radius 3 is 2.74 bits per heavy atom. The van der Waals surface area contributed by atoms with Gasteiger partial charge in [0.15, 0.2) is 11.6 Å².